The molecule has 1 N–H and O–H groups in total. The molecule has 0 heterocycles. The summed E-state index contributed by atoms with van der Waals surface area (Å²) in [6.07, 6.45) is 9.29. The van der Waals surface area contributed by atoms with Crippen molar-refractivity contribution in [1.29, 1.82) is 0 Å². The van der Waals surface area contributed by atoms with Gasteiger partial charge >= 0.3 is 0 Å². The van der Waals surface area contributed by atoms with Crippen LogP contribution in [0.4, 0.5) is 5.69 Å². The van der Waals surface area contributed by atoms with Crippen molar-refractivity contribution in [1.82, 2.24) is 5.32 Å². The van der Waals surface area contributed by atoms with Crippen molar-refractivity contribution in [2.45, 2.75) is 56.4 Å². The second-order valence-corrected chi connectivity index (χ2v) is 12.5. The lowest BCUT2D eigenvalue weighted by atomic mass is 9.48. The maximum Gasteiger partial charge on any atom is 0.264 e. The molecule has 4 bridgehead atoms. The van der Waals surface area contributed by atoms with E-state index in [1.807, 2.05) is 6.07 Å². The van der Waals surface area contributed by atoms with Gasteiger partial charge in [0.25, 0.3) is 15.9 Å². The summed E-state index contributed by atoms with van der Waals surface area (Å²) in [7, 11) is -3.86. The predicted octanol–water partition coefficient (Wildman–Crippen LogP) is 5.40. The molecule has 6 heteroatoms. The van der Waals surface area contributed by atoms with Crippen LogP contribution in [-0.2, 0) is 10.0 Å². The van der Waals surface area contributed by atoms with E-state index in [4.69, 9.17) is 0 Å². The van der Waals surface area contributed by atoms with E-state index in [1.54, 1.807) is 48.5 Å². The predicted molar refractivity (Wildman–Crippen MR) is 135 cm³/mol. The monoisotopic (exact) mass is 478 g/mol. The van der Waals surface area contributed by atoms with Crippen molar-refractivity contribution in [3.05, 3.63) is 72.8 Å². The van der Waals surface area contributed by atoms with Gasteiger partial charge in [0.1, 0.15) is 0 Å². The van der Waals surface area contributed by atoms with Gasteiger partial charge in [-0.1, -0.05) is 30.3 Å². The molecule has 1 atom stereocenters. The van der Waals surface area contributed by atoms with Crippen molar-refractivity contribution < 1.29 is 13.2 Å². The third-order valence-corrected chi connectivity index (χ3v) is 10.2. The van der Waals surface area contributed by atoms with E-state index in [0.29, 0.717) is 11.3 Å². The Labute approximate surface area is 203 Å². The molecule has 4 saturated carbocycles. The quantitative estimate of drug-likeness (QED) is 0.517. The summed E-state index contributed by atoms with van der Waals surface area (Å²) in [6, 6.07) is 15.4. The zero-order valence-corrected chi connectivity index (χ0v) is 20.6. The second-order valence-electron chi connectivity index (χ2n) is 10.7. The van der Waals surface area contributed by atoms with Crippen LogP contribution in [0.1, 0.15) is 55.8 Å². The molecule has 1 unspecified atom stereocenters. The fourth-order valence-corrected chi connectivity index (χ4v) is 8.60. The van der Waals surface area contributed by atoms with E-state index in [2.05, 4.69) is 18.8 Å². The molecule has 5 nitrogen and oxygen atoms in total. The summed E-state index contributed by atoms with van der Waals surface area (Å²) >= 11 is 0. The van der Waals surface area contributed by atoms with E-state index in [9.17, 15) is 13.2 Å². The molecule has 0 aliphatic heterocycles. The number of sulfonamides is 1. The number of carbonyl (C=O) groups excluding carboxylic acids is 1. The fraction of sp³-hybridized carbons (Fsp3) is 0.464. The van der Waals surface area contributed by atoms with Crippen LogP contribution in [0.5, 0.6) is 0 Å². The summed E-state index contributed by atoms with van der Waals surface area (Å²) < 4.78 is 28.3. The highest BCUT2D eigenvalue weighted by atomic mass is 32.2. The molecule has 180 valence electrons. The van der Waals surface area contributed by atoms with E-state index in [-0.39, 0.29) is 28.8 Å². The van der Waals surface area contributed by atoms with Crippen molar-refractivity contribution in [3.63, 3.8) is 0 Å². The number of nitrogens with one attached hydrogen (secondary N) is 1. The summed E-state index contributed by atoms with van der Waals surface area (Å²) in [5, 5.41) is 3.25. The Morgan fingerprint density at radius 1 is 1.06 bits per heavy atom. The van der Waals surface area contributed by atoms with Crippen LogP contribution >= 0.6 is 0 Å². The average Bonchev–Trinajstić information content (AvgIpc) is 2.82. The Balaban J connectivity index is 1.36. The highest BCUT2D eigenvalue weighted by molar-refractivity contribution is 7.92. The number of benzene rings is 2. The molecule has 6 rings (SSSR count). The first-order valence-electron chi connectivity index (χ1n) is 12.4. The maximum atomic E-state index is 13.5. The van der Waals surface area contributed by atoms with Gasteiger partial charge in [-0.2, -0.15) is 0 Å². The van der Waals surface area contributed by atoms with Gasteiger partial charge in [-0.05, 0) is 98.9 Å². The molecule has 34 heavy (non-hydrogen) atoms. The van der Waals surface area contributed by atoms with Crippen LogP contribution in [0.3, 0.4) is 0 Å². The minimum absolute atomic E-state index is 0.0789. The SMILES string of the molecule is C=CCN(c1ccccc1)S(=O)(=O)c1cccc(C(=O)NC(C)C23CC4CC(CC(C4)C2)C3)c1. The molecule has 0 radical (unpaired) electrons. The van der Waals surface area contributed by atoms with Gasteiger partial charge in [0.2, 0.25) is 0 Å². The van der Waals surface area contributed by atoms with E-state index >= 15 is 0 Å². The summed E-state index contributed by atoms with van der Waals surface area (Å²) in [4.78, 5) is 13.4. The van der Waals surface area contributed by atoms with Crippen LogP contribution < -0.4 is 9.62 Å². The Kier molecular flexibility index (Phi) is 6.05. The summed E-state index contributed by atoms with van der Waals surface area (Å²) in [5.74, 6) is 2.24. The summed E-state index contributed by atoms with van der Waals surface area (Å²) in [5.41, 5.74) is 1.14. The number of carbonyl (C=O) groups is 1. The normalized spacial score (nSPS) is 28.3. The van der Waals surface area contributed by atoms with E-state index < -0.39 is 10.0 Å². The van der Waals surface area contributed by atoms with Gasteiger partial charge in [-0.3, -0.25) is 9.10 Å². The number of hydrogen-bond donors (Lipinski definition) is 1. The third-order valence-electron chi connectivity index (χ3n) is 8.38. The number of nitrogens with zero attached hydrogens (tertiary/aromatic N) is 1. The van der Waals surface area contributed by atoms with Crippen LogP contribution in [0.2, 0.25) is 0 Å². The van der Waals surface area contributed by atoms with Gasteiger partial charge in [0, 0.05) is 11.6 Å². The third kappa shape index (κ3) is 4.17. The highest BCUT2D eigenvalue weighted by Crippen LogP contribution is 2.61. The molecule has 0 saturated heterocycles. The first-order valence-corrected chi connectivity index (χ1v) is 13.8. The molecule has 0 aromatic heterocycles. The first-order chi connectivity index (χ1) is 16.3. The van der Waals surface area contributed by atoms with Crippen molar-refractivity contribution >= 4 is 21.6 Å². The zero-order chi connectivity index (χ0) is 23.9. The number of hydrogen-bond acceptors (Lipinski definition) is 3. The fourth-order valence-electron chi connectivity index (χ4n) is 7.12. The lowest BCUT2D eigenvalue weighted by Gasteiger charge is -2.59. The zero-order valence-electron chi connectivity index (χ0n) is 19.8. The first kappa shape index (κ1) is 23.2. The molecule has 2 aromatic carbocycles. The van der Waals surface area contributed by atoms with Gasteiger partial charge in [-0.25, -0.2) is 8.42 Å². The maximum absolute atomic E-state index is 13.5. The number of amides is 1. The second kappa shape index (κ2) is 8.88. The molecule has 4 aliphatic carbocycles. The van der Waals surface area contributed by atoms with Gasteiger partial charge in [0.15, 0.2) is 0 Å². The number of para-hydroxylation sites is 1. The van der Waals surface area contributed by atoms with Crippen LogP contribution in [0.25, 0.3) is 0 Å². The van der Waals surface area contributed by atoms with E-state index in [0.717, 1.165) is 17.8 Å². The van der Waals surface area contributed by atoms with Crippen molar-refractivity contribution in [2.75, 3.05) is 10.8 Å². The minimum Gasteiger partial charge on any atom is -0.349 e. The van der Waals surface area contributed by atoms with Crippen LogP contribution in [-0.4, -0.2) is 26.9 Å². The lowest BCUT2D eigenvalue weighted by Crippen LogP contribution is -2.55. The van der Waals surface area contributed by atoms with Gasteiger partial charge in [-0.15, -0.1) is 6.58 Å². The molecule has 0 spiro atoms. The standard InChI is InChI=1S/C28H34N2O3S/c1-3-12-30(25-9-5-4-6-10-25)34(32,33)26-11-7-8-24(16-26)27(31)29-20(2)28-17-21-13-22(18-28)15-23(14-21)19-28/h3-11,16,20-23H,1,12-15,17-19H2,2H3,(H,29,31). The smallest absolute Gasteiger partial charge is 0.264 e. The molecule has 1 amide bonds. The molecule has 4 aliphatic rings. The Bertz CT molecular complexity index is 1140. The Morgan fingerprint density at radius 3 is 2.26 bits per heavy atom. The van der Waals surface area contributed by atoms with Crippen molar-refractivity contribution in [2.24, 2.45) is 23.2 Å². The van der Waals surface area contributed by atoms with Gasteiger partial charge in [0.05, 0.1) is 17.1 Å². The molecular weight excluding hydrogens is 444 g/mol. The molecular formula is C28H34N2O3S. The Hall–Kier alpha value is -2.60. The topological polar surface area (TPSA) is 66.5 Å². The van der Waals surface area contributed by atoms with E-state index in [1.165, 1.54) is 48.9 Å². The Morgan fingerprint density at radius 2 is 1.68 bits per heavy atom. The van der Waals surface area contributed by atoms with Crippen LogP contribution in [0.15, 0.2) is 72.1 Å². The number of anilines is 1. The number of rotatable bonds is 8. The molecule has 2 aromatic rings. The largest absolute Gasteiger partial charge is 0.349 e. The van der Waals surface area contributed by atoms with Crippen molar-refractivity contribution in [3.8, 4) is 0 Å². The highest BCUT2D eigenvalue weighted by Gasteiger charge is 2.53. The summed E-state index contributed by atoms with van der Waals surface area (Å²) in [6.45, 7) is 6.01. The lowest BCUT2D eigenvalue weighted by molar-refractivity contribution is -0.0688. The minimum atomic E-state index is -3.86. The average molecular weight is 479 g/mol. The van der Waals surface area contributed by atoms with Crippen LogP contribution in [0, 0.1) is 23.2 Å². The van der Waals surface area contributed by atoms with Gasteiger partial charge < -0.3 is 5.32 Å². The molecule has 4 fully saturated rings.